The predicted octanol–water partition coefficient (Wildman–Crippen LogP) is 3.32. The number of hydrogen-bond acceptors (Lipinski definition) is 5. The maximum Gasteiger partial charge on any atom is 0.143 e. The lowest BCUT2D eigenvalue weighted by atomic mass is 9.84. The lowest BCUT2D eigenvalue weighted by Gasteiger charge is -2.30. The van der Waals surface area contributed by atoms with Gasteiger partial charge in [0.05, 0.1) is 23.0 Å². The smallest absolute Gasteiger partial charge is 0.143 e. The van der Waals surface area contributed by atoms with Crippen LogP contribution in [0.1, 0.15) is 37.4 Å². The van der Waals surface area contributed by atoms with E-state index in [0.717, 1.165) is 20.9 Å². The first kappa shape index (κ1) is 13.2. The third-order valence-corrected chi connectivity index (χ3v) is 3.77. The van der Waals surface area contributed by atoms with Crippen LogP contribution in [-0.4, -0.2) is 17.1 Å². The van der Waals surface area contributed by atoms with E-state index in [1.165, 1.54) is 0 Å². The van der Waals surface area contributed by atoms with Gasteiger partial charge in [-0.2, -0.15) is 0 Å². The average molecular weight is 265 g/mol. The highest BCUT2D eigenvalue weighted by Crippen LogP contribution is 2.41. The minimum Gasteiger partial charge on any atom is -0.397 e. The summed E-state index contributed by atoms with van der Waals surface area (Å²) >= 11 is 1.58. The van der Waals surface area contributed by atoms with Crippen molar-refractivity contribution >= 4 is 27.4 Å². The number of rotatable bonds is 2. The zero-order valence-electron chi connectivity index (χ0n) is 11.4. The van der Waals surface area contributed by atoms with Gasteiger partial charge in [-0.05, 0) is 12.3 Å². The second kappa shape index (κ2) is 4.48. The Labute approximate surface area is 111 Å². The normalized spacial score (nSPS) is 14.1. The number of aryl methyl sites for hydroxylation is 1. The summed E-state index contributed by atoms with van der Waals surface area (Å²) in [6.45, 7) is 8.37. The van der Waals surface area contributed by atoms with E-state index < -0.39 is 0 Å². The molecule has 1 unspecified atom stereocenters. The topological polar surface area (TPSA) is 61.0 Å². The van der Waals surface area contributed by atoms with Crippen molar-refractivity contribution in [2.75, 3.05) is 12.8 Å². The third-order valence-electron chi connectivity index (χ3n) is 2.89. The van der Waals surface area contributed by atoms with Gasteiger partial charge in [0, 0.05) is 12.7 Å². The van der Waals surface area contributed by atoms with Gasteiger partial charge in [-0.25, -0.2) is 9.97 Å². The van der Waals surface area contributed by atoms with E-state index >= 15 is 0 Å². The van der Waals surface area contributed by atoms with Gasteiger partial charge in [0.15, 0.2) is 0 Å². The number of aromatic nitrogens is 2. The van der Waals surface area contributed by atoms with Crippen LogP contribution in [0, 0.1) is 12.3 Å². The Bertz CT molecular complexity index is 571. The first-order chi connectivity index (χ1) is 8.34. The van der Waals surface area contributed by atoms with Gasteiger partial charge >= 0.3 is 0 Å². The Morgan fingerprint density at radius 2 is 2.06 bits per heavy atom. The van der Waals surface area contributed by atoms with Crippen molar-refractivity contribution in [1.29, 1.82) is 0 Å². The predicted molar refractivity (Wildman–Crippen MR) is 75.8 cm³/mol. The van der Waals surface area contributed by atoms with Crippen LogP contribution in [0.25, 0.3) is 10.3 Å². The summed E-state index contributed by atoms with van der Waals surface area (Å²) in [7, 11) is 1.71. The molecule has 0 radical (unpaired) electrons. The standard InChI is InChI=1S/C13H19N3OS/c1-7-16-10-9(11(17-5)13(2,3)4)8(14)6-15-12(10)18-7/h6,11H,14H2,1-5H3. The molecule has 0 fully saturated rings. The maximum atomic E-state index is 6.09. The van der Waals surface area contributed by atoms with E-state index in [-0.39, 0.29) is 11.5 Å². The Balaban J connectivity index is 2.71. The molecule has 2 heterocycles. The number of nitrogens with zero attached hydrogens (tertiary/aromatic N) is 2. The van der Waals surface area contributed by atoms with Crippen molar-refractivity contribution in [2.24, 2.45) is 5.41 Å². The summed E-state index contributed by atoms with van der Waals surface area (Å²) in [4.78, 5) is 9.81. The summed E-state index contributed by atoms with van der Waals surface area (Å²) < 4.78 is 5.66. The van der Waals surface area contributed by atoms with Gasteiger partial charge in [-0.3, -0.25) is 0 Å². The molecular formula is C13H19N3OS. The van der Waals surface area contributed by atoms with E-state index in [1.54, 1.807) is 24.6 Å². The van der Waals surface area contributed by atoms with Gasteiger partial charge < -0.3 is 10.5 Å². The number of fused-ring (bicyclic) bond motifs is 1. The van der Waals surface area contributed by atoms with Gasteiger partial charge in [-0.1, -0.05) is 32.1 Å². The zero-order chi connectivity index (χ0) is 13.5. The average Bonchev–Trinajstić information content (AvgIpc) is 2.61. The monoisotopic (exact) mass is 265 g/mol. The molecule has 18 heavy (non-hydrogen) atoms. The van der Waals surface area contributed by atoms with Crippen LogP contribution in [0.4, 0.5) is 5.69 Å². The van der Waals surface area contributed by atoms with Crippen molar-refractivity contribution in [1.82, 2.24) is 9.97 Å². The van der Waals surface area contributed by atoms with Crippen LogP contribution in [0.3, 0.4) is 0 Å². The number of anilines is 1. The number of thiazole rings is 1. The molecule has 4 nitrogen and oxygen atoms in total. The molecule has 0 spiro atoms. The fraction of sp³-hybridized carbons (Fsp3) is 0.538. The summed E-state index contributed by atoms with van der Waals surface area (Å²) in [5.74, 6) is 0. The van der Waals surface area contributed by atoms with Gasteiger partial charge in [-0.15, -0.1) is 0 Å². The van der Waals surface area contributed by atoms with E-state index in [9.17, 15) is 0 Å². The van der Waals surface area contributed by atoms with Crippen molar-refractivity contribution in [3.8, 4) is 0 Å². The first-order valence-electron chi connectivity index (χ1n) is 5.89. The molecule has 0 bridgehead atoms. The first-order valence-corrected chi connectivity index (χ1v) is 6.70. The summed E-state index contributed by atoms with van der Waals surface area (Å²) in [5.41, 5.74) is 8.52. The summed E-state index contributed by atoms with van der Waals surface area (Å²) in [5, 5.41) is 0.994. The van der Waals surface area contributed by atoms with Crippen molar-refractivity contribution < 1.29 is 4.74 Å². The van der Waals surface area contributed by atoms with Crippen LogP contribution >= 0.6 is 11.3 Å². The minimum atomic E-state index is -0.0931. The molecule has 0 saturated carbocycles. The quantitative estimate of drug-likeness (QED) is 0.905. The molecule has 0 aliphatic heterocycles. The molecule has 5 heteroatoms. The van der Waals surface area contributed by atoms with Crippen molar-refractivity contribution in [3.63, 3.8) is 0 Å². The molecule has 2 N–H and O–H groups in total. The van der Waals surface area contributed by atoms with E-state index in [1.807, 2.05) is 6.92 Å². The number of hydrogen-bond donors (Lipinski definition) is 1. The zero-order valence-corrected chi connectivity index (χ0v) is 12.3. The third kappa shape index (κ3) is 2.20. The molecule has 1 atom stereocenters. The Hall–Kier alpha value is -1.20. The molecule has 0 aliphatic carbocycles. The number of nitrogen functional groups attached to an aromatic ring is 1. The molecule has 0 saturated heterocycles. The second-order valence-corrected chi connectivity index (χ2v) is 6.68. The van der Waals surface area contributed by atoms with Crippen LogP contribution in [0.5, 0.6) is 0 Å². The fourth-order valence-corrected chi connectivity index (χ4v) is 2.97. The molecule has 2 rings (SSSR count). The molecule has 98 valence electrons. The SMILES string of the molecule is COC(c1c(N)cnc2sc(C)nc12)C(C)(C)C. The van der Waals surface area contributed by atoms with Gasteiger partial charge in [0.1, 0.15) is 10.3 Å². The van der Waals surface area contributed by atoms with E-state index in [2.05, 4.69) is 30.7 Å². The Morgan fingerprint density at radius 1 is 1.39 bits per heavy atom. The Morgan fingerprint density at radius 3 is 2.61 bits per heavy atom. The highest BCUT2D eigenvalue weighted by molar-refractivity contribution is 7.18. The summed E-state index contributed by atoms with van der Waals surface area (Å²) in [6.07, 6.45) is 1.61. The molecule has 0 aromatic carbocycles. The lowest BCUT2D eigenvalue weighted by Crippen LogP contribution is -2.21. The van der Waals surface area contributed by atoms with Crippen LogP contribution < -0.4 is 5.73 Å². The molecular weight excluding hydrogens is 246 g/mol. The largest absolute Gasteiger partial charge is 0.397 e. The highest BCUT2D eigenvalue weighted by atomic mass is 32.1. The van der Waals surface area contributed by atoms with Gasteiger partial charge in [0.2, 0.25) is 0 Å². The van der Waals surface area contributed by atoms with E-state index in [4.69, 9.17) is 10.5 Å². The summed E-state index contributed by atoms with van der Waals surface area (Å²) in [6, 6.07) is 0. The second-order valence-electron chi connectivity index (χ2n) is 5.50. The van der Waals surface area contributed by atoms with Crippen molar-refractivity contribution in [2.45, 2.75) is 33.8 Å². The number of pyridine rings is 1. The maximum absolute atomic E-state index is 6.09. The van der Waals surface area contributed by atoms with E-state index in [0.29, 0.717) is 5.69 Å². The minimum absolute atomic E-state index is 0.0469. The molecule has 2 aromatic rings. The fourth-order valence-electron chi connectivity index (χ4n) is 2.19. The molecule has 0 aliphatic rings. The highest BCUT2D eigenvalue weighted by Gasteiger charge is 2.30. The van der Waals surface area contributed by atoms with Crippen LogP contribution in [0.2, 0.25) is 0 Å². The number of methoxy groups -OCH3 is 1. The Kier molecular flexibility index (Phi) is 3.29. The number of nitrogens with two attached hydrogens (primary N) is 1. The molecule has 0 amide bonds. The van der Waals surface area contributed by atoms with Gasteiger partial charge in [0.25, 0.3) is 0 Å². The number of ether oxygens (including phenoxy) is 1. The van der Waals surface area contributed by atoms with Crippen molar-refractivity contribution in [3.05, 3.63) is 16.8 Å². The lowest BCUT2D eigenvalue weighted by molar-refractivity contribution is 0.0166. The molecule has 2 aromatic heterocycles. The van der Waals surface area contributed by atoms with Crippen LogP contribution in [-0.2, 0) is 4.74 Å². The van der Waals surface area contributed by atoms with Crippen LogP contribution in [0.15, 0.2) is 6.20 Å².